The maximum atomic E-state index is 12.4. The molecule has 3 heteroatoms. The fourth-order valence-corrected chi connectivity index (χ4v) is 6.43. The van der Waals surface area contributed by atoms with Crippen LogP contribution in [0.5, 0.6) is 0 Å². The van der Waals surface area contributed by atoms with Gasteiger partial charge in [-0.15, -0.1) is 0 Å². The lowest BCUT2D eigenvalue weighted by molar-refractivity contribution is 0.588. The van der Waals surface area contributed by atoms with Gasteiger partial charge in [-0.1, -0.05) is 121 Å². The third kappa shape index (κ3) is 3.72. The molecule has 0 bridgehead atoms. The summed E-state index contributed by atoms with van der Waals surface area (Å²) in [6.45, 7) is 3.62. The monoisotopic (exact) mass is 507 g/mol. The van der Waals surface area contributed by atoms with Gasteiger partial charge in [-0.3, -0.25) is 0 Å². The van der Waals surface area contributed by atoms with Gasteiger partial charge in [-0.25, -0.2) is 4.98 Å². The first-order valence-electron chi connectivity index (χ1n) is 12.9. The molecule has 0 saturated heterocycles. The van der Waals surface area contributed by atoms with Crippen LogP contribution in [0.2, 0.25) is 0 Å². The number of hydrogen-bond acceptors (Lipinski definition) is 2. The van der Waals surface area contributed by atoms with E-state index in [0.29, 0.717) is 0 Å². The van der Waals surface area contributed by atoms with E-state index < -0.39 is 7.14 Å². The summed E-state index contributed by atoms with van der Waals surface area (Å²) in [6, 6.07) is 42.7. The summed E-state index contributed by atoms with van der Waals surface area (Å²) in [6.07, 6.45) is 0. The first-order chi connectivity index (χ1) is 18.5. The maximum absolute atomic E-state index is 12.4. The second-order valence-corrected chi connectivity index (χ2v) is 13.5. The summed E-state index contributed by atoms with van der Waals surface area (Å²) in [4.78, 5) is 5.29. The molecule has 1 heterocycles. The van der Waals surface area contributed by atoms with Crippen LogP contribution >= 0.6 is 7.14 Å². The van der Waals surface area contributed by atoms with Crippen LogP contribution in [-0.4, -0.2) is 18.3 Å². The fourth-order valence-electron chi connectivity index (χ4n) is 5.56. The van der Waals surface area contributed by atoms with Crippen LogP contribution in [0, 0.1) is 0 Å². The SMILES string of the molecule is CP(C)(=O)c1ccc(-c2ccc(-c3c4ccc5ccccc5c4nc4c3ccc3ccccc34)cc2)cc1. The predicted octanol–water partition coefficient (Wildman–Crippen LogP) is 9.28. The van der Waals surface area contributed by atoms with E-state index in [9.17, 15) is 4.57 Å². The van der Waals surface area contributed by atoms with Gasteiger partial charge in [-0.2, -0.15) is 0 Å². The molecule has 0 radical (unpaired) electrons. The van der Waals surface area contributed by atoms with Gasteiger partial charge in [0, 0.05) is 32.4 Å². The number of hydrogen-bond donors (Lipinski definition) is 0. The van der Waals surface area contributed by atoms with E-state index >= 15 is 0 Å². The van der Waals surface area contributed by atoms with Crippen molar-refractivity contribution >= 4 is 55.8 Å². The van der Waals surface area contributed by atoms with Crippen molar-refractivity contribution in [1.29, 1.82) is 0 Å². The third-order valence-corrected chi connectivity index (χ3v) is 9.10. The average molecular weight is 508 g/mol. The van der Waals surface area contributed by atoms with Crippen LogP contribution in [0.1, 0.15) is 0 Å². The Kier molecular flexibility index (Phi) is 5.21. The molecule has 0 aliphatic rings. The van der Waals surface area contributed by atoms with Crippen molar-refractivity contribution in [2.75, 3.05) is 13.3 Å². The highest BCUT2D eigenvalue weighted by Crippen LogP contribution is 2.40. The Morgan fingerprint density at radius 2 is 0.921 bits per heavy atom. The zero-order chi connectivity index (χ0) is 25.9. The number of aromatic nitrogens is 1. The summed E-state index contributed by atoms with van der Waals surface area (Å²) in [5.74, 6) is 0. The maximum Gasteiger partial charge on any atom is 0.109 e. The standard InChI is InChI=1S/C35H26NOP/c1-38(2,37)28-19-15-24(16-20-28)23-11-13-27(14-12-23)33-31-21-17-25-7-3-5-9-29(25)34(31)36-35-30-10-6-4-8-26(30)18-22-32(33)35/h3-22H,1-2H3. The summed E-state index contributed by atoms with van der Waals surface area (Å²) < 4.78 is 12.4. The van der Waals surface area contributed by atoms with Crippen molar-refractivity contribution in [1.82, 2.24) is 4.98 Å². The summed E-state index contributed by atoms with van der Waals surface area (Å²) in [5.41, 5.74) is 6.70. The van der Waals surface area contributed by atoms with Crippen molar-refractivity contribution in [3.8, 4) is 22.3 Å². The first-order valence-corrected chi connectivity index (χ1v) is 15.5. The van der Waals surface area contributed by atoms with Crippen LogP contribution in [0.4, 0.5) is 0 Å². The van der Waals surface area contributed by atoms with Gasteiger partial charge < -0.3 is 4.57 Å². The van der Waals surface area contributed by atoms with Gasteiger partial charge in [-0.05, 0) is 40.8 Å². The molecule has 38 heavy (non-hydrogen) atoms. The molecule has 0 atom stereocenters. The quantitative estimate of drug-likeness (QED) is 0.136. The van der Waals surface area contributed by atoms with E-state index in [2.05, 4.69) is 109 Å². The first kappa shape index (κ1) is 22.9. The predicted molar refractivity (Wildman–Crippen MR) is 164 cm³/mol. The number of benzene rings is 6. The van der Waals surface area contributed by atoms with Crippen molar-refractivity contribution in [3.05, 3.63) is 121 Å². The molecular formula is C35H26NOP. The van der Waals surface area contributed by atoms with Gasteiger partial charge in [0.05, 0.1) is 11.0 Å². The molecule has 7 rings (SSSR count). The van der Waals surface area contributed by atoms with Crippen LogP contribution in [0.15, 0.2) is 121 Å². The minimum Gasteiger partial charge on any atom is -0.319 e. The lowest BCUT2D eigenvalue weighted by Crippen LogP contribution is -2.01. The number of nitrogens with zero attached hydrogens (tertiary/aromatic N) is 1. The second-order valence-electron chi connectivity index (χ2n) is 10.3. The highest BCUT2D eigenvalue weighted by atomic mass is 31.2. The Morgan fingerprint density at radius 3 is 1.42 bits per heavy atom. The molecule has 182 valence electrons. The Balaban J connectivity index is 1.47. The van der Waals surface area contributed by atoms with E-state index in [4.69, 9.17) is 4.98 Å². The van der Waals surface area contributed by atoms with Crippen molar-refractivity contribution in [2.45, 2.75) is 0 Å². The molecule has 0 N–H and O–H groups in total. The Hall–Kier alpha value is -4.26. The van der Waals surface area contributed by atoms with Crippen LogP contribution in [-0.2, 0) is 4.57 Å². The summed E-state index contributed by atoms with van der Waals surface area (Å²) in [7, 11) is -2.27. The zero-order valence-electron chi connectivity index (χ0n) is 21.3. The lowest BCUT2D eigenvalue weighted by atomic mass is 9.91. The van der Waals surface area contributed by atoms with Crippen molar-refractivity contribution < 1.29 is 4.57 Å². The molecule has 2 nitrogen and oxygen atoms in total. The van der Waals surface area contributed by atoms with Gasteiger partial charge in [0.25, 0.3) is 0 Å². The number of fused-ring (bicyclic) bond motifs is 6. The van der Waals surface area contributed by atoms with Gasteiger partial charge in [0.1, 0.15) is 7.14 Å². The highest BCUT2D eigenvalue weighted by Gasteiger charge is 2.16. The van der Waals surface area contributed by atoms with E-state index in [1.807, 2.05) is 25.5 Å². The van der Waals surface area contributed by atoms with Crippen LogP contribution in [0.3, 0.4) is 0 Å². The highest BCUT2D eigenvalue weighted by molar-refractivity contribution is 7.70. The normalized spacial score (nSPS) is 12.1. The molecule has 0 amide bonds. The molecule has 6 aromatic carbocycles. The topological polar surface area (TPSA) is 30.0 Å². The summed E-state index contributed by atoms with van der Waals surface area (Å²) >= 11 is 0. The minimum atomic E-state index is -2.27. The van der Waals surface area contributed by atoms with Gasteiger partial charge >= 0.3 is 0 Å². The molecule has 0 spiro atoms. The fraction of sp³-hybridized carbons (Fsp3) is 0.0571. The Morgan fingerprint density at radius 1 is 0.474 bits per heavy atom. The van der Waals surface area contributed by atoms with E-state index in [-0.39, 0.29) is 0 Å². The number of rotatable bonds is 3. The lowest BCUT2D eigenvalue weighted by Gasteiger charge is -2.15. The number of pyridine rings is 1. The van der Waals surface area contributed by atoms with Gasteiger partial charge in [0.15, 0.2) is 0 Å². The Labute approximate surface area is 222 Å². The third-order valence-electron chi connectivity index (χ3n) is 7.56. The second kappa shape index (κ2) is 8.65. The van der Waals surface area contributed by atoms with Gasteiger partial charge in [0.2, 0.25) is 0 Å². The molecule has 0 aliphatic heterocycles. The van der Waals surface area contributed by atoms with Crippen molar-refractivity contribution in [2.24, 2.45) is 0 Å². The minimum absolute atomic E-state index is 0.909. The zero-order valence-corrected chi connectivity index (χ0v) is 22.2. The smallest absolute Gasteiger partial charge is 0.109 e. The van der Waals surface area contributed by atoms with Crippen LogP contribution in [0.25, 0.3) is 65.6 Å². The molecule has 0 aliphatic carbocycles. The van der Waals surface area contributed by atoms with E-state index in [1.165, 1.54) is 32.7 Å². The van der Waals surface area contributed by atoms with E-state index in [1.54, 1.807) is 0 Å². The molecule has 7 aromatic rings. The Bertz CT molecular complexity index is 1960. The average Bonchev–Trinajstić information content (AvgIpc) is 2.95. The molecule has 0 fully saturated rings. The molecule has 0 unspecified atom stereocenters. The van der Waals surface area contributed by atoms with Crippen LogP contribution < -0.4 is 5.30 Å². The largest absolute Gasteiger partial charge is 0.319 e. The molecular weight excluding hydrogens is 481 g/mol. The van der Waals surface area contributed by atoms with E-state index in [0.717, 1.165) is 38.2 Å². The molecule has 0 saturated carbocycles. The molecule has 1 aromatic heterocycles. The van der Waals surface area contributed by atoms with Crippen molar-refractivity contribution in [3.63, 3.8) is 0 Å². The summed E-state index contributed by atoms with van der Waals surface area (Å²) in [5, 5.41) is 7.95.